The van der Waals surface area contributed by atoms with Crippen LogP contribution in [0.2, 0.25) is 0 Å². The Morgan fingerprint density at radius 3 is 2.21 bits per heavy atom. The molecule has 0 aromatic carbocycles. The van der Waals surface area contributed by atoms with Crippen LogP contribution in [0.4, 0.5) is 13.2 Å². The summed E-state index contributed by atoms with van der Waals surface area (Å²) in [6.07, 6.45) is 2.29. The van der Waals surface area contributed by atoms with E-state index < -0.39 is 12.7 Å². The van der Waals surface area contributed by atoms with Gasteiger partial charge in [-0.15, -0.1) is 0 Å². The lowest BCUT2D eigenvalue weighted by atomic mass is 9.91. The van der Waals surface area contributed by atoms with Crippen LogP contribution in [0.25, 0.3) is 0 Å². The van der Waals surface area contributed by atoms with Gasteiger partial charge in [-0.3, -0.25) is 4.90 Å². The lowest BCUT2D eigenvalue weighted by Crippen LogP contribution is -2.52. The summed E-state index contributed by atoms with van der Waals surface area (Å²) >= 11 is 0. The van der Waals surface area contributed by atoms with Gasteiger partial charge in [0.2, 0.25) is 0 Å². The molecule has 5 heteroatoms. The molecule has 0 saturated heterocycles. The van der Waals surface area contributed by atoms with Gasteiger partial charge in [0, 0.05) is 12.1 Å². The first-order chi connectivity index (χ1) is 8.98. The molecule has 0 aliphatic heterocycles. The number of hydrogen-bond donors (Lipinski definition) is 1. The molecular formula is C14H27F3N2. The maximum absolute atomic E-state index is 12.7. The normalized spacial score (nSPS) is 26.2. The summed E-state index contributed by atoms with van der Waals surface area (Å²) in [6.45, 7) is 4.36. The van der Waals surface area contributed by atoms with E-state index in [0.29, 0.717) is 6.54 Å². The van der Waals surface area contributed by atoms with Crippen molar-refractivity contribution in [1.29, 1.82) is 0 Å². The first kappa shape index (κ1) is 16.8. The SMILES string of the molecule is CCNC1CCCCCCC1N(CC)CC(F)(F)F. The predicted molar refractivity (Wildman–Crippen MR) is 72.3 cm³/mol. The maximum atomic E-state index is 12.7. The van der Waals surface area contributed by atoms with E-state index in [0.717, 1.165) is 38.6 Å². The molecule has 1 saturated carbocycles. The Morgan fingerprint density at radius 1 is 1.05 bits per heavy atom. The number of halogens is 3. The van der Waals surface area contributed by atoms with Crippen molar-refractivity contribution in [2.45, 2.75) is 70.6 Å². The average Bonchev–Trinajstić information content (AvgIpc) is 2.29. The minimum atomic E-state index is -4.10. The first-order valence-corrected chi connectivity index (χ1v) is 7.52. The highest BCUT2D eigenvalue weighted by Crippen LogP contribution is 2.25. The van der Waals surface area contributed by atoms with Crippen molar-refractivity contribution in [3.63, 3.8) is 0 Å². The largest absolute Gasteiger partial charge is 0.401 e. The molecule has 0 radical (unpaired) electrons. The molecule has 1 aliphatic rings. The Morgan fingerprint density at radius 2 is 1.68 bits per heavy atom. The van der Waals surface area contributed by atoms with Gasteiger partial charge in [0.25, 0.3) is 0 Å². The van der Waals surface area contributed by atoms with Gasteiger partial charge in [-0.05, 0) is 25.9 Å². The smallest absolute Gasteiger partial charge is 0.313 e. The van der Waals surface area contributed by atoms with Crippen LogP contribution in [-0.2, 0) is 0 Å². The minimum Gasteiger partial charge on any atom is -0.313 e. The fourth-order valence-corrected chi connectivity index (χ4v) is 3.10. The fraction of sp³-hybridized carbons (Fsp3) is 1.00. The molecular weight excluding hydrogens is 253 g/mol. The highest BCUT2D eigenvalue weighted by Gasteiger charge is 2.35. The maximum Gasteiger partial charge on any atom is 0.401 e. The Bertz CT molecular complexity index is 243. The number of rotatable bonds is 5. The lowest BCUT2D eigenvalue weighted by Gasteiger charge is -2.38. The summed E-state index contributed by atoms with van der Waals surface area (Å²) in [7, 11) is 0. The number of likely N-dealkylation sites (N-methyl/N-ethyl adjacent to an activating group) is 2. The monoisotopic (exact) mass is 280 g/mol. The number of alkyl halides is 3. The van der Waals surface area contributed by atoms with Crippen LogP contribution >= 0.6 is 0 Å². The molecule has 0 aromatic rings. The standard InChI is InChI=1S/C14H27F3N2/c1-3-18-12-9-7-5-6-8-10-13(12)19(4-2)11-14(15,16)17/h12-13,18H,3-11H2,1-2H3. The van der Waals surface area contributed by atoms with Crippen LogP contribution < -0.4 is 5.32 Å². The Hall–Kier alpha value is -0.290. The zero-order valence-electron chi connectivity index (χ0n) is 12.1. The van der Waals surface area contributed by atoms with Crippen LogP contribution in [0.1, 0.15) is 52.4 Å². The van der Waals surface area contributed by atoms with Crippen LogP contribution in [0.5, 0.6) is 0 Å². The van der Waals surface area contributed by atoms with Crippen molar-refractivity contribution in [3.8, 4) is 0 Å². The molecule has 19 heavy (non-hydrogen) atoms. The topological polar surface area (TPSA) is 15.3 Å². The third kappa shape index (κ3) is 6.13. The molecule has 1 aliphatic carbocycles. The van der Waals surface area contributed by atoms with Crippen molar-refractivity contribution in [3.05, 3.63) is 0 Å². The van der Waals surface area contributed by atoms with E-state index >= 15 is 0 Å². The van der Waals surface area contributed by atoms with E-state index in [4.69, 9.17) is 0 Å². The van der Waals surface area contributed by atoms with E-state index in [-0.39, 0.29) is 12.1 Å². The molecule has 2 nitrogen and oxygen atoms in total. The van der Waals surface area contributed by atoms with Crippen molar-refractivity contribution >= 4 is 0 Å². The molecule has 0 bridgehead atoms. The van der Waals surface area contributed by atoms with E-state index in [1.807, 2.05) is 13.8 Å². The van der Waals surface area contributed by atoms with Gasteiger partial charge < -0.3 is 5.32 Å². The van der Waals surface area contributed by atoms with Crippen LogP contribution in [0, 0.1) is 0 Å². The van der Waals surface area contributed by atoms with Crippen LogP contribution in [-0.4, -0.2) is 42.8 Å². The Kier molecular flexibility index (Phi) is 7.15. The van der Waals surface area contributed by atoms with Crippen molar-refractivity contribution in [1.82, 2.24) is 10.2 Å². The lowest BCUT2D eigenvalue weighted by molar-refractivity contribution is -0.152. The molecule has 0 amide bonds. The van der Waals surface area contributed by atoms with Gasteiger partial charge in [-0.25, -0.2) is 0 Å². The van der Waals surface area contributed by atoms with Gasteiger partial charge in [0.15, 0.2) is 0 Å². The van der Waals surface area contributed by atoms with Gasteiger partial charge >= 0.3 is 6.18 Å². The Labute approximate surface area is 114 Å². The molecule has 0 spiro atoms. The van der Waals surface area contributed by atoms with E-state index in [1.165, 1.54) is 6.42 Å². The molecule has 2 unspecified atom stereocenters. The summed E-state index contributed by atoms with van der Waals surface area (Å²) in [5.41, 5.74) is 0. The van der Waals surface area contributed by atoms with Gasteiger partial charge in [0.1, 0.15) is 0 Å². The first-order valence-electron chi connectivity index (χ1n) is 7.52. The quantitative estimate of drug-likeness (QED) is 0.828. The van der Waals surface area contributed by atoms with Crippen molar-refractivity contribution in [2.75, 3.05) is 19.6 Å². The highest BCUT2D eigenvalue weighted by molar-refractivity contribution is 4.86. The third-order valence-corrected chi connectivity index (χ3v) is 3.95. The summed E-state index contributed by atoms with van der Waals surface area (Å²) in [5, 5.41) is 3.39. The molecule has 0 heterocycles. The summed E-state index contributed by atoms with van der Waals surface area (Å²) in [4.78, 5) is 1.61. The number of nitrogens with one attached hydrogen (secondary N) is 1. The molecule has 1 fully saturated rings. The molecule has 114 valence electrons. The second-order valence-corrected chi connectivity index (χ2v) is 5.40. The molecule has 2 atom stereocenters. The van der Waals surface area contributed by atoms with E-state index in [9.17, 15) is 13.2 Å². The fourth-order valence-electron chi connectivity index (χ4n) is 3.10. The Balaban J connectivity index is 2.73. The minimum absolute atomic E-state index is 0.0203. The summed E-state index contributed by atoms with van der Waals surface area (Å²) < 4.78 is 38.0. The average molecular weight is 280 g/mol. The molecule has 1 N–H and O–H groups in total. The zero-order chi connectivity index (χ0) is 14.3. The van der Waals surface area contributed by atoms with Gasteiger partial charge in [0.05, 0.1) is 6.54 Å². The summed E-state index contributed by atoms with van der Waals surface area (Å²) in [6, 6.07) is 0.222. The van der Waals surface area contributed by atoms with Gasteiger partial charge in [-0.1, -0.05) is 39.5 Å². The second kappa shape index (κ2) is 8.10. The van der Waals surface area contributed by atoms with Crippen molar-refractivity contribution in [2.24, 2.45) is 0 Å². The van der Waals surface area contributed by atoms with Crippen molar-refractivity contribution < 1.29 is 13.2 Å². The third-order valence-electron chi connectivity index (χ3n) is 3.95. The van der Waals surface area contributed by atoms with E-state index in [2.05, 4.69) is 5.32 Å². The zero-order valence-corrected chi connectivity index (χ0v) is 12.1. The number of hydrogen-bond acceptors (Lipinski definition) is 2. The summed E-state index contributed by atoms with van der Waals surface area (Å²) in [5.74, 6) is 0. The second-order valence-electron chi connectivity index (χ2n) is 5.40. The predicted octanol–water partition coefficient (Wildman–Crippen LogP) is 3.57. The van der Waals surface area contributed by atoms with Gasteiger partial charge in [-0.2, -0.15) is 13.2 Å². The van der Waals surface area contributed by atoms with Crippen LogP contribution in [0.15, 0.2) is 0 Å². The molecule has 0 aromatic heterocycles. The van der Waals surface area contributed by atoms with E-state index in [1.54, 1.807) is 4.90 Å². The van der Waals surface area contributed by atoms with Crippen LogP contribution in [0.3, 0.4) is 0 Å². The highest BCUT2D eigenvalue weighted by atomic mass is 19.4. The molecule has 1 rings (SSSR count). The number of nitrogens with zero attached hydrogens (tertiary/aromatic N) is 1.